The molecule has 1 heterocycles. The number of imide groups is 1. The van der Waals surface area contributed by atoms with Crippen LogP contribution in [0.4, 0.5) is 5.69 Å². The van der Waals surface area contributed by atoms with Crippen molar-refractivity contribution >= 4 is 17.5 Å². The van der Waals surface area contributed by atoms with Crippen LogP contribution in [0.3, 0.4) is 0 Å². The Morgan fingerprint density at radius 3 is 2.29 bits per heavy atom. The minimum absolute atomic E-state index is 0.0355. The Morgan fingerprint density at radius 2 is 1.71 bits per heavy atom. The van der Waals surface area contributed by atoms with E-state index in [0.717, 1.165) is 11.3 Å². The molecule has 2 amide bonds. The zero-order chi connectivity index (χ0) is 15.0. The largest absolute Gasteiger partial charge is 0.367 e. The Bertz CT molecular complexity index is 595. The number of rotatable bonds is 3. The van der Waals surface area contributed by atoms with Gasteiger partial charge in [-0.05, 0) is 38.3 Å². The maximum Gasteiger partial charge on any atom is 0.234 e. The molecule has 1 aliphatic heterocycles. The molecule has 1 saturated heterocycles. The van der Waals surface area contributed by atoms with E-state index < -0.39 is 0 Å². The molecule has 1 aromatic rings. The van der Waals surface area contributed by atoms with E-state index in [1.807, 2.05) is 38.1 Å². The smallest absolute Gasteiger partial charge is 0.234 e. The Balaban J connectivity index is 1.71. The van der Waals surface area contributed by atoms with Gasteiger partial charge < -0.3 is 5.32 Å². The lowest BCUT2D eigenvalue weighted by Crippen LogP contribution is -2.35. The second kappa shape index (κ2) is 5.35. The highest BCUT2D eigenvalue weighted by Crippen LogP contribution is 2.34. The van der Waals surface area contributed by atoms with Crippen molar-refractivity contribution in [2.75, 3.05) is 12.0 Å². The van der Waals surface area contributed by atoms with Crippen LogP contribution in [0, 0.1) is 25.7 Å². The monoisotopic (exact) mass is 284 g/mol. The van der Waals surface area contributed by atoms with Crippen molar-refractivity contribution < 1.29 is 9.59 Å². The molecular formula is C17H20N2O2. The molecule has 0 saturated carbocycles. The van der Waals surface area contributed by atoms with Crippen molar-refractivity contribution in [1.82, 2.24) is 4.90 Å². The number of allylic oxidation sites excluding steroid dienone is 2. The van der Waals surface area contributed by atoms with Crippen molar-refractivity contribution in [1.29, 1.82) is 0 Å². The highest BCUT2D eigenvalue weighted by Gasteiger charge is 2.46. The van der Waals surface area contributed by atoms with E-state index in [1.165, 1.54) is 10.5 Å². The Morgan fingerprint density at radius 1 is 1.10 bits per heavy atom. The minimum Gasteiger partial charge on any atom is -0.367 e. The molecule has 0 aromatic heterocycles. The number of nitrogens with one attached hydrogen (secondary N) is 1. The summed E-state index contributed by atoms with van der Waals surface area (Å²) in [6, 6.07) is 6.09. The number of carbonyl (C=O) groups is 2. The molecule has 2 atom stereocenters. The molecular weight excluding hydrogens is 264 g/mol. The molecule has 2 aliphatic rings. The van der Waals surface area contributed by atoms with E-state index in [1.54, 1.807) is 0 Å². The van der Waals surface area contributed by atoms with Gasteiger partial charge in [0.05, 0.1) is 18.5 Å². The number of nitrogens with zero attached hydrogens (tertiary/aromatic N) is 1. The van der Waals surface area contributed by atoms with Crippen LogP contribution >= 0.6 is 0 Å². The average Bonchev–Trinajstić information content (AvgIpc) is 2.71. The van der Waals surface area contributed by atoms with Gasteiger partial charge in [0.25, 0.3) is 0 Å². The lowest BCUT2D eigenvalue weighted by atomic mass is 9.85. The molecule has 4 heteroatoms. The summed E-state index contributed by atoms with van der Waals surface area (Å²) >= 11 is 0. The second-order valence-electron chi connectivity index (χ2n) is 5.91. The van der Waals surface area contributed by atoms with Crippen LogP contribution in [0.25, 0.3) is 0 Å². The fourth-order valence-electron chi connectivity index (χ4n) is 3.20. The maximum atomic E-state index is 12.3. The number of hydrogen-bond donors (Lipinski definition) is 1. The zero-order valence-corrected chi connectivity index (χ0v) is 12.4. The van der Waals surface area contributed by atoms with Crippen LogP contribution < -0.4 is 5.32 Å². The van der Waals surface area contributed by atoms with E-state index in [2.05, 4.69) is 11.4 Å². The summed E-state index contributed by atoms with van der Waals surface area (Å²) in [5, 5.41) is 3.22. The average molecular weight is 284 g/mol. The molecule has 1 N–H and O–H groups in total. The Hall–Kier alpha value is -2.10. The fourth-order valence-corrected chi connectivity index (χ4v) is 3.20. The van der Waals surface area contributed by atoms with E-state index in [9.17, 15) is 9.59 Å². The Labute approximate surface area is 124 Å². The van der Waals surface area contributed by atoms with Gasteiger partial charge in [0.15, 0.2) is 0 Å². The van der Waals surface area contributed by atoms with Crippen molar-refractivity contribution in [3.63, 3.8) is 0 Å². The summed E-state index contributed by atoms with van der Waals surface area (Å²) in [6.45, 7) is 4.32. The number of likely N-dealkylation sites (tertiary alicyclic amines) is 1. The molecule has 1 aliphatic carbocycles. The van der Waals surface area contributed by atoms with E-state index in [0.29, 0.717) is 12.8 Å². The quantitative estimate of drug-likeness (QED) is 0.685. The van der Waals surface area contributed by atoms with Gasteiger partial charge >= 0.3 is 0 Å². The number of amides is 2. The summed E-state index contributed by atoms with van der Waals surface area (Å²) < 4.78 is 0. The van der Waals surface area contributed by atoms with Gasteiger partial charge in [-0.3, -0.25) is 14.5 Å². The summed E-state index contributed by atoms with van der Waals surface area (Å²) in [4.78, 5) is 26.1. The van der Waals surface area contributed by atoms with Crippen LogP contribution in [0.1, 0.15) is 24.0 Å². The third-order valence-corrected chi connectivity index (χ3v) is 4.41. The van der Waals surface area contributed by atoms with Gasteiger partial charge in [0.2, 0.25) is 11.8 Å². The maximum absolute atomic E-state index is 12.3. The molecule has 21 heavy (non-hydrogen) atoms. The minimum atomic E-state index is -0.150. The highest BCUT2D eigenvalue weighted by atomic mass is 16.2. The number of benzene rings is 1. The molecule has 4 nitrogen and oxygen atoms in total. The van der Waals surface area contributed by atoms with E-state index in [-0.39, 0.29) is 30.3 Å². The van der Waals surface area contributed by atoms with Gasteiger partial charge in [0.1, 0.15) is 0 Å². The first-order chi connectivity index (χ1) is 10.1. The summed E-state index contributed by atoms with van der Waals surface area (Å²) in [5.74, 6) is -0.370. The normalized spacial score (nSPS) is 24.4. The van der Waals surface area contributed by atoms with Gasteiger partial charge in [-0.2, -0.15) is 0 Å². The third kappa shape index (κ3) is 2.46. The second-order valence-corrected chi connectivity index (χ2v) is 5.91. The number of hydrogen-bond acceptors (Lipinski definition) is 3. The van der Waals surface area contributed by atoms with Crippen LogP contribution in [-0.4, -0.2) is 23.4 Å². The lowest BCUT2D eigenvalue weighted by Gasteiger charge is -2.17. The van der Waals surface area contributed by atoms with Crippen molar-refractivity contribution in [3.8, 4) is 0 Å². The first kappa shape index (κ1) is 13.9. The molecule has 1 fully saturated rings. The number of fused-ring (bicyclic) bond motifs is 1. The molecule has 3 rings (SSSR count). The van der Waals surface area contributed by atoms with E-state index >= 15 is 0 Å². The molecule has 1 aromatic carbocycles. The predicted octanol–water partition coefficient (Wildman–Crippen LogP) is 2.62. The molecule has 0 bridgehead atoms. The summed E-state index contributed by atoms with van der Waals surface area (Å²) in [6.07, 6.45) is 5.39. The number of aryl methyl sites for hydroxylation is 2. The topological polar surface area (TPSA) is 49.4 Å². The van der Waals surface area contributed by atoms with Gasteiger partial charge in [-0.1, -0.05) is 29.8 Å². The van der Waals surface area contributed by atoms with Gasteiger partial charge in [-0.25, -0.2) is 0 Å². The molecule has 0 spiro atoms. The van der Waals surface area contributed by atoms with Crippen molar-refractivity contribution in [2.45, 2.75) is 26.7 Å². The van der Waals surface area contributed by atoms with Crippen LogP contribution in [0.15, 0.2) is 30.4 Å². The fraction of sp³-hybridized carbons (Fsp3) is 0.412. The molecule has 0 unspecified atom stereocenters. The lowest BCUT2D eigenvalue weighted by molar-refractivity contribution is -0.139. The van der Waals surface area contributed by atoms with Crippen LogP contribution in [-0.2, 0) is 9.59 Å². The first-order valence-electron chi connectivity index (χ1n) is 7.39. The van der Waals surface area contributed by atoms with Crippen molar-refractivity contribution in [3.05, 3.63) is 41.5 Å². The highest BCUT2D eigenvalue weighted by molar-refractivity contribution is 6.05. The molecule has 0 radical (unpaired) electrons. The Kier molecular flexibility index (Phi) is 3.53. The van der Waals surface area contributed by atoms with Gasteiger partial charge in [-0.15, -0.1) is 0 Å². The standard InChI is InChI=1S/C17H20N2O2/c1-11-7-8-15(12(2)9-11)18-10-19-16(20)13-5-3-4-6-14(13)17(19)21/h3-4,7-9,13-14,18H,5-6,10H2,1-2H3/t13-,14-/m0/s1. The number of anilines is 1. The van der Waals surface area contributed by atoms with Crippen LogP contribution in [0.2, 0.25) is 0 Å². The van der Waals surface area contributed by atoms with E-state index in [4.69, 9.17) is 0 Å². The first-order valence-corrected chi connectivity index (χ1v) is 7.39. The molecule has 110 valence electrons. The SMILES string of the molecule is Cc1ccc(NCN2C(=O)[C@H]3CC=CC[C@@H]3C2=O)c(C)c1. The van der Waals surface area contributed by atoms with Gasteiger partial charge in [0, 0.05) is 5.69 Å². The van der Waals surface area contributed by atoms with Crippen molar-refractivity contribution in [2.24, 2.45) is 11.8 Å². The van der Waals surface area contributed by atoms with Crippen LogP contribution in [0.5, 0.6) is 0 Å². The summed E-state index contributed by atoms with van der Waals surface area (Å²) in [7, 11) is 0. The third-order valence-electron chi connectivity index (χ3n) is 4.41. The predicted molar refractivity (Wildman–Crippen MR) is 81.6 cm³/mol. The zero-order valence-electron chi connectivity index (χ0n) is 12.4. The number of carbonyl (C=O) groups excluding carboxylic acids is 2. The summed E-state index contributed by atoms with van der Waals surface area (Å²) in [5.41, 5.74) is 3.28.